The number of esters is 1. The van der Waals surface area contributed by atoms with E-state index < -0.39 is 30.4 Å². The number of ether oxygens (including phenoxy) is 4. The zero-order valence-corrected chi connectivity index (χ0v) is 30.0. The van der Waals surface area contributed by atoms with Crippen LogP contribution in [0.1, 0.15) is 56.7 Å². The number of amides is 1. The Kier molecular flexibility index (Phi) is 14.2. The second-order valence-corrected chi connectivity index (χ2v) is 13.4. The third-order valence-corrected chi connectivity index (χ3v) is 8.09. The lowest BCUT2D eigenvalue weighted by atomic mass is 9.89. The number of anilines is 1. The minimum absolute atomic E-state index is 0.0797. The molecule has 2 N–H and O–H groups in total. The van der Waals surface area contributed by atoms with E-state index in [0.29, 0.717) is 50.5 Å². The highest BCUT2D eigenvalue weighted by Crippen LogP contribution is 2.32. The van der Waals surface area contributed by atoms with Crippen molar-refractivity contribution in [3.8, 4) is 11.8 Å². The first-order valence-corrected chi connectivity index (χ1v) is 17.2. The van der Waals surface area contributed by atoms with E-state index >= 15 is 0 Å². The Labute approximate surface area is 296 Å². The number of halogens is 3. The first-order chi connectivity index (χ1) is 24.2. The van der Waals surface area contributed by atoms with Crippen LogP contribution in [0, 0.1) is 17.8 Å². The maximum absolute atomic E-state index is 13.7. The Bertz CT molecular complexity index is 1650. The lowest BCUT2D eigenvalue weighted by Crippen LogP contribution is -2.45. The minimum atomic E-state index is -4.46. The molecule has 0 radical (unpaired) electrons. The Morgan fingerprint density at radius 3 is 2.57 bits per heavy atom. The maximum Gasteiger partial charge on any atom is 0.408 e. The highest BCUT2D eigenvalue weighted by atomic mass is 19.4. The van der Waals surface area contributed by atoms with Crippen LogP contribution in [0.3, 0.4) is 0 Å². The Morgan fingerprint density at radius 2 is 1.84 bits per heavy atom. The summed E-state index contributed by atoms with van der Waals surface area (Å²) in [6.45, 7) is 9.98. The van der Waals surface area contributed by atoms with Gasteiger partial charge in [0.2, 0.25) is 0 Å². The molecular formula is C36H49F3N6O6. The number of nitrogens with zero attached hydrogens (tertiary/aromatic N) is 4. The number of benzene rings is 1. The first-order valence-electron chi connectivity index (χ1n) is 17.2. The van der Waals surface area contributed by atoms with Gasteiger partial charge in [0.05, 0.1) is 50.7 Å². The number of hydrogen-bond donors (Lipinski definition) is 2. The van der Waals surface area contributed by atoms with Crippen LogP contribution in [-0.4, -0.2) is 109 Å². The molecule has 0 spiro atoms. The largest absolute Gasteiger partial charge is 0.461 e. The van der Waals surface area contributed by atoms with Crippen LogP contribution in [0.15, 0.2) is 36.5 Å². The predicted molar refractivity (Wildman–Crippen MR) is 187 cm³/mol. The molecule has 2 unspecified atom stereocenters. The van der Waals surface area contributed by atoms with E-state index in [2.05, 4.69) is 39.5 Å². The van der Waals surface area contributed by atoms with Gasteiger partial charge in [0, 0.05) is 36.5 Å². The highest BCUT2D eigenvalue weighted by Gasteiger charge is 2.31. The van der Waals surface area contributed by atoms with Crippen molar-refractivity contribution in [2.24, 2.45) is 5.92 Å². The lowest BCUT2D eigenvalue weighted by molar-refractivity contribution is -0.140. The minimum Gasteiger partial charge on any atom is -0.461 e. The van der Waals surface area contributed by atoms with Crippen LogP contribution in [-0.2, 0) is 32.0 Å². The molecule has 0 bridgehead atoms. The van der Waals surface area contributed by atoms with E-state index in [1.807, 2.05) is 6.07 Å². The van der Waals surface area contributed by atoms with Gasteiger partial charge in [0.25, 0.3) is 0 Å². The summed E-state index contributed by atoms with van der Waals surface area (Å²) in [5, 5.41) is 11.0. The summed E-state index contributed by atoms with van der Waals surface area (Å²) >= 11 is 0. The number of hydrogen-bond acceptors (Lipinski definition) is 9. The molecule has 3 heterocycles. The van der Waals surface area contributed by atoms with Gasteiger partial charge >= 0.3 is 18.2 Å². The molecule has 1 aliphatic heterocycles. The number of aromatic nitrogens is 3. The number of carbonyl (C=O) groups excluding carboxylic acids is 2. The Balaban J connectivity index is 1.32. The predicted octanol–water partition coefficient (Wildman–Crippen LogP) is 5.31. The van der Waals surface area contributed by atoms with Crippen molar-refractivity contribution in [2.45, 2.75) is 71.4 Å². The van der Waals surface area contributed by atoms with E-state index in [9.17, 15) is 22.8 Å². The van der Waals surface area contributed by atoms with E-state index in [1.165, 1.54) is 4.57 Å². The molecule has 2 aromatic heterocycles. The smallest absolute Gasteiger partial charge is 0.408 e. The quantitative estimate of drug-likeness (QED) is 0.122. The topological polar surface area (TPSA) is 121 Å². The first kappa shape index (κ1) is 39.5. The van der Waals surface area contributed by atoms with Crippen molar-refractivity contribution >= 4 is 28.7 Å². The van der Waals surface area contributed by atoms with Crippen molar-refractivity contribution < 1.29 is 41.7 Å². The van der Waals surface area contributed by atoms with Crippen LogP contribution < -0.4 is 10.6 Å². The molecule has 3 aromatic rings. The van der Waals surface area contributed by atoms with Gasteiger partial charge in [-0.1, -0.05) is 12.0 Å². The summed E-state index contributed by atoms with van der Waals surface area (Å²) < 4.78 is 65.6. The third kappa shape index (κ3) is 12.8. The van der Waals surface area contributed by atoms with Crippen LogP contribution in [0.2, 0.25) is 0 Å². The van der Waals surface area contributed by atoms with E-state index in [1.54, 1.807) is 62.8 Å². The number of alkyl carbamates (subject to hydrolysis) is 1. The fourth-order valence-corrected chi connectivity index (χ4v) is 5.84. The molecule has 1 fully saturated rings. The number of rotatable bonds is 15. The lowest BCUT2D eigenvalue weighted by Gasteiger charge is -2.38. The van der Waals surface area contributed by atoms with Gasteiger partial charge in [-0.15, -0.1) is 0 Å². The van der Waals surface area contributed by atoms with Crippen LogP contribution in [0.4, 0.5) is 23.7 Å². The van der Waals surface area contributed by atoms with Gasteiger partial charge in [-0.2, -0.15) is 18.3 Å². The summed E-state index contributed by atoms with van der Waals surface area (Å²) in [5.74, 6) is 5.37. The zero-order chi connectivity index (χ0) is 37.0. The normalized spacial score (nSPS) is 16.8. The molecule has 51 heavy (non-hydrogen) atoms. The number of alkyl halides is 3. The summed E-state index contributed by atoms with van der Waals surface area (Å²) in [7, 11) is 2.08. The van der Waals surface area contributed by atoms with E-state index in [0.717, 1.165) is 31.6 Å². The second kappa shape index (κ2) is 18.3. The third-order valence-electron chi connectivity index (χ3n) is 8.09. The Hall–Kier alpha value is -4.26. The maximum atomic E-state index is 13.7. The molecule has 2 atom stereocenters. The molecule has 280 valence electrons. The number of piperidine rings is 1. The van der Waals surface area contributed by atoms with Gasteiger partial charge in [-0.3, -0.25) is 4.68 Å². The molecule has 1 amide bonds. The number of likely N-dealkylation sites (tertiary alicyclic amines) is 1. The fourth-order valence-electron chi connectivity index (χ4n) is 5.84. The molecule has 4 rings (SSSR count). The monoisotopic (exact) mass is 718 g/mol. The molecule has 1 aromatic carbocycles. The summed E-state index contributed by atoms with van der Waals surface area (Å²) in [6.07, 6.45) is -1.76. The summed E-state index contributed by atoms with van der Waals surface area (Å²) in [5.41, 5.74) is 0.936. The fraction of sp³-hybridized carbons (Fsp3) is 0.583. The molecule has 12 nitrogen and oxygen atoms in total. The van der Waals surface area contributed by atoms with Gasteiger partial charge in [-0.25, -0.2) is 9.59 Å². The van der Waals surface area contributed by atoms with Gasteiger partial charge < -0.3 is 39.0 Å². The van der Waals surface area contributed by atoms with Crippen molar-refractivity contribution in [1.29, 1.82) is 0 Å². The number of fused-ring (bicyclic) bond motifs is 1. The van der Waals surface area contributed by atoms with Crippen molar-refractivity contribution in [1.82, 2.24) is 24.6 Å². The van der Waals surface area contributed by atoms with Crippen molar-refractivity contribution in [3.63, 3.8) is 0 Å². The standard InChI is InChI=1S/C36H49F3N6O6/c1-6-50-33(46)31-13-17-44(42-31)18-20-49-22-21-48-19-14-26-24-43(5)16-12-29(26)41-30-10-7-11-32-28(30)23-27(45(32)25-36(37,38)39)9-8-15-40-34(47)51-35(2,3)4/h7,10-11,13,17,23,26,29,41H,6,12,14-16,18-22,24-25H2,1-5H3,(H,40,47). The molecule has 0 aliphatic carbocycles. The average Bonchev–Trinajstić information content (AvgIpc) is 3.66. The second-order valence-electron chi connectivity index (χ2n) is 13.4. The summed E-state index contributed by atoms with van der Waals surface area (Å²) in [6, 6.07) is 8.65. The van der Waals surface area contributed by atoms with Crippen LogP contribution in [0.25, 0.3) is 10.9 Å². The van der Waals surface area contributed by atoms with Crippen LogP contribution in [0.5, 0.6) is 0 Å². The molecule has 1 aliphatic rings. The van der Waals surface area contributed by atoms with Crippen LogP contribution >= 0.6 is 0 Å². The molecule has 1 saturated heterocycles. The Morgan fingerprint density at radius 1 is 1.08 bits per heavy atom. The molecule has 15 heteroatoms. The van der Waals surface area contributed by atoms with Gasteiger partial charge in [-0.05, 0) is 90.2 Å². The van der Waals surface area contributed by atoms with E-state index in [-0.39, 0.29) is 29.9 Å². The van der Waals surface area contributed by atoms with E-state index in [4.69, 9.17) is 18.9 Å². The van der Waals surface area contributed by atoms with Crippen molar-refractivity contribution in [3.05, 3.63) is 47.9 Å². The number of carbonyl (C=O) groups is 2. The highest BCUT2D eigenvalue weighted by molar-refractivity contribution is 5.94. The zero-order valence-electron chi connectivity index (χ0n) is 30.0. The SMILES string of the molecule is CCOC(=O)c1ccn(CCOCCOCCC2CN(C)CCC2Nc2cccc3c2cc(C#CCNC(=O)OC(C)(C)C)n3CC(F)(F)F)n1. The molecular weight excluding hydrogens is 669 g/mol. The molecule has 0 saturated carbocycles. The average molecular weight is 719 g/mol. The van der Waals surface area contributed by atoms with Crippen molar-refractivity contribution in [2.75, 3.05) is 65.0 Å². The van der Waals surface area contributed by atoms with Gasteiger partial charge in [0.1, 0.15) is 12.1 Å². The number of nitrogens with one attached hydrogen (secondary N) is 2. The van der Waals surface area contributed by atoms with Gasteiger partial charge in [0.15, 0.2) is 5.69 Å². The summed E-state index contributed by atoms with van der Waals surface area (Å²) in [4.78, 5) is 26.0.